The minimum Gasteiger partial charge on any atom is -0.238 e. The zero-order chi connectivity index (χ0) is 36.7. The summed E-state index contributed by atoms with van der Waals surface area (Å²) in [6, 6.07) is 53.6. The smallest absolute Gasteiger partial charge is 0.187 e. The second-order valence-electron chi connectivity index (χ2n) is 14.3. The monoisotopic (exact) mass is 683 g/mol. The van der Waals surface area contributed by atoms with Crippen molar-refractivity contribution in [3.63, 3.8) is 0 Å². The molecule has 1 aliphatic carbocycles. The Morgan fingerprint density at radius 1 is 0.407 bits per heavy atom. The van der Waals surface area contributed by atoms with Gasteiger partial charge in [-0.3, -0.25) is 0 Å². The Labute approximate surface area is 313 Å². The van der Waals surface area contributed by atoms with E-state index in [-0.39, 0.29) is 0 Å². The van der Waals surface area contributed by atoms with E-state index in [9.17, 15) is 10.5 Å². The van der Waals surface area contributed by atoms with E-state index in [0.717, 1.165) is 65.7 Å². The normalized spacial score (nSPS) is 11.5. The van der Waals surface area contributed by atoms with Crippen LogP contribution in [0.15, 0.2) is 140 Å². The topological polar surface area (TPSA) is 51.9 Å². The Morgan fingerprint density at radius 2 is 0.944 bits per heavy atom. The van der Waals surface area contributed by atoms with Crippen molar-refractivity contribution in [1.82, 2.24) is 0 Å². The summed E-state index contributed by atoms with van der Waals surface area (Å²) < 4.78 is 0. The molecule has 3 nitrogen and oxygen atoms in total. The Morgan fingerprint density at radius 3 is 1.57 bits per heavy atom. The van der Waals surface area contributed by atoms with Crippen molar-refractivity contribution in [3.8, 4) is 67.8 Å². The van der Waals surface area contributed by atoms with E-state index >= 15 is 0 Å². The first kappa shape index (κ1) is 31.2. The van der Waals surface area contributed by atoms with Crippen molar-refractivity contribution in [3.05, 3.63) is 173 Å². The highest BCUT2D eigenvalue weighted by atomic mass is 14.6. The van der Waals surface area contributed by atoms with Crippen molar-refractivity contribution >= 4 is 48.8 Å². The Balaban J connectivity index is 1.36. The predicted octanol–water partition coefficient (Wildman–Crippen LogP) is 13.9. The quantitative estimate of drug-likeness (QED) is 0.137. The van der Waals surface area contributed by atoms with Gasteiger partial charge in [0.05, 0.1) is 29.8 Å². The van der Waals surface area contributed by atoms with E-state index < -0.39 is 0 Å². The molecule has 1 aliphatic rings. The molecule has 0 spiro atoms. The standard InChI is InChI=1S/C51H29N3/c1-29-20-31(27-52)12-15-35(29)43-24-49-45(38-17-14-34(54-3)22-42(38)43)23-44(36-16-13-32(28-53)21-30(36)2)48-26-47-41-19-18-37(33-8-5-4-6-9-33)39-10-7-11-40(51(39)41)46(47)25-50(48)49/h4-26H,1-2H3. The van der Waals surface area contributed by atoms with E-state index in [1.54, 1.807) is 0 Å². The first-order valence-electron chi connectivity index (χ1n) is 18.0. The Kier molecular flexibility index (Phi) is 6.81. The minimum absolute atomic E-state index is 0.580. The van der Waals surface area contributed by atoms with Crippen LogP contribution in [0.3, 0.4) is 0 Å². The molecule has 3 heteroatoms. The molecule has 0 aliphatic heterocycles. The molecule has 0 bridgehead atoms. The summed E-state index contributed by atoms with van der Waals surface area (Å²) in [5.74, 6) is 0. The van der Waals surface area contributed by atoms with Crippen molar-refractivity contribution in [1.29, 1.82) is 10.5 Å². The molecule has 9 aromatic carbocycles. The fourth-order valence-electron chi connectivity index (χ4n) is 8.84. The third-order valence-electron chi connectivity index (χ3n) is 11.3. The number of nitriles is 2. The molecular weight excluding hydrogens is 655 g/mol. The summed E-state index contributed by atoms with van der Waals surface area (Å²) in [5.41, 5.74) is 15.5. The van der Waals surface area contributed by atoms with Gasteiger partial charge in [0.2, 0.25) is 0 Å². The molecule has 0 atom stereocenters. The van der Waals surface area contributed by atoms with E-state index in [1.165, 1.54) is 44.2 Å². The van der Waals surface area contributed by atoms with Gasteiger partial charge < -0.3 is 0 Å². The number of fused-ring (bicyclic) bond motifs is 8. The van der Waals surface area contributed by atoms with E-state index in [2.05, 4.69) is 121 Å². The average Bonchev–Trinajstić information content (AvgIpc) is 3.53. The highest BCUT2D eigenvalue weighted by Gasteiger charge is 2.26. The molecule has 248 valence electrons. The molecule has 0 fully saturated rings. The number of aryl methyl sites for hydroxylation is 2. The largest absolute Gasteiger partial charge is 0.238 e. The summed E-state index contributed by atoms with van der Waals surface area (Å²) >= 11 is 0. The third-order valence-corrected chi connectivity index (χ3v) is 11.3. The van der Waals surface area contributed by atoms with Gasteiger partial charge in [-0.05, 0) is 178 Å². The van der Waals surface area contributed by atoms with Crippen LogP contribution in [0.2, 0.25) is 0 Å². The van der Waals surface area contributed by atoms with Crippen molar-refractivity contribution in [2.75, 3.05) is 0 Å². The molecule has 0 heterocycles. The van der Waals surface area contributed by atoms with Gasteiger partial charge in [0, 0.05) is 0 Å². The van der Waals surface area contributed by atoms with Gasteiger partial charge in [-0.1, -0.05) is 84.9 Å². The maximum Gasteiger partial charge on any atom is 0.187 e. The fourth-order valence-corrected chi connectivity index (χ4v) is 8.84. The summed E-state index contributed by atoms with van der Waals surface area (Å²) in [7, 11) is 0. The predicted molar refractivity (Wildman–Crippen MR) is 222 cm³/mol. The van der Waals surface area contributed by atoms with Gasteiger partial charge >= 0.3 is 0 Å². The molecule has 0 amide bonds. The van der Waals surface area contributed by atoms with Crippen LogP contribution >= 0.6 is 0 Å². The highest BCUT2D eigenvalue weighted by Crippen LogP contribution is 2.53. The molecule has 0 saturated carbocycles. The number of rotatable bonds is 3. The molecule has 0 unspecified atom stereocenters. The van der Waals surface area contributed by atoms with Crippen LogP contribution < -0.4 is 0 Å². The molecule has 0 radical (unpaired) electrons. The molecule has 0 saturated heterocycles. The summed E-state index contributed by atoms with van der Waals surface area (Å²) in [5, 5.41) is 28.5. The van der Waals surface area contributed by atoms with Crippen LogP contribution in [0, 0.1) is 43.1 Å². The number of hydrogen-bond acceptors (Lipinski definition) is 2. The van der Waals surface area contributed by atoms with Crippen molar-refractivity contribution < 1.29 is 0 Å². The lowest BCUT2D eigenvalue weighted by Crippen LogP contribution is -1.93. The highest BCUT2D eigenvalue weighted by molar-refractivity contribution is 6.28. The summed E-state index contributed by atoms with van der Waals surface area (Å²) in [6.45, 7) is 12.0. The van der Waals surface area contributed by atoms with Crippen molar-refractivity contribution in [2.24, 2.45) is 0 Å². The lowest BCUT2D eigenvalue weighted by atomic mass is 9.84. The van der Waals surface area contributed by atoms with Gasteiger partial charge in [-0.15, -0.1) is 0 Å². The number of hydrogen-bond donors (Lipinski definition) is 0. The molecule has 0 aromatic heterocycles. The van der Waals surface area contributed by atoms with Crippen LogP contribution in [-0.4, -0.2) is 0 Å². The Hall–Kier alpha value is -7.51. The molecular formula is C51H29N3. The maximum atomic E-state index is 9.74. The van der Waals surface area contributed by atoms with E-state index in [4.69, 9.17) is 6.57 Å². The summed E-state index contributed by atoms with van der Waals surface area (Å²) in [4.78, 5) is 3.81. The fraction of sp³-hybridized carbons (Fsp3) is 0.0392. The minimum atomic E-state index is 0.580. The van der Waals surface area contributed by atoms with Crippen LogP contribution in [0.4, 0.5) is 5.69 Å². The molecule has 0 N–H and O–H groups in total. The van der Waals surface area contributed by atoms with Crippen LogP contribution in [0.5, 0.6) is 0 Å². The van der Waals surface area contributed by atoms with Gasteiger partial charge in [-0.2, -0.15) is 10.5 Å². The zero-order valence-electron chi connectivity index (χ0n) is 29.6. The zero-order valence-corrected chi connectivity index (χ0v) is 29.6. The van der Waals surface area contributed by atoms with E-state index in [0.29, 0.717) is 16.8 Å². The maximum absolute atomic E-state index is 9.74. The van der Waals surface area contributed by atoms with Crippen LogP contribution in [0.25, 0.3) is 104 Å². The van der Waals surface area contributed by atoms with E-state index in [1.807, 2.05) is 49.4 Å². The first-order chi connectivity index (χ1) is 26.4. The number of nitrogens with zero attached hydrogens (tertiary/aromatic N) is 3. The lowest BCUT2D eigenvalue weighted by Gasteiger charge is -2.19. The molecule has 9 aromatic rings. The SMILES string of the molecule is [C-]#[N+]c1ccc2c(c1)c(-c1ccc(C#N)cc1C)cc1c3cc4c(cc3c(-c3ccc(C#N)cc3C)cc21)-c1ccc(-c2ccccc2)c2cccc-4c12. The van der Waals surface area contributed by atoms with Crippen molar-refractivity contribution in [2.45, 2.75) is 13.8 Å². The first-order valence-corrected chi connectivity index (χ1v) is 18.0. The van der Waals surface area contributed by atoms with Crippen LogP contribution in [-0.2, 0) is 0 Å². The molecule has 10 rings (SSSR count). The van der Waals surface area contributed by atoms with Gasteiger partial charge in [0.25, 0.3) is 0 Å². The second kappa shape index (κ2) is 11.8. The van der Waals surface area contributed by atoms with Gasteiger partial charge in [0.15, 0.2) is 5.69 Å². The van der Waals surface area contributed by atoms with Gasteiger partial charge in [-0.25, -0.2) is 4.85 Å². The lowest BCUT2D eigenvalue weighted by molar-refractivity contribution is 1.42. The average molecular weight is 684 g/mol. The second-order valence-corrected chi connectivity index (χ2v) is 14.3. The number of benzene rings is 9. The Bertz CT molecular complexity index is 3260. The summed E-state index contributed by atoms with van der Waals surface area (Å²) in [6.07, 6.45) is 0. The molecule has 54 heavy (non-hydrogen) atoms. The van der Waals surface area contributed by atoms with Gasteiger partial charge in [0.1, 0.15) is 0 Å². The third kappa shape index (κ3) is 4.52. The van der Waals surface area contributed by atoms with Crippen LogP contribution in [0.1, 0.15) is 22.3 Å².